The molecule has 0 bridgehead atoms. The van der Waals surface area contributed by atoms with Gasteiger partial charge in [0.25, 0.3) is 0 Å². The Kier molecular flexibility index (Phi) is 8.20. The van der Waals surface area contributed by atoms with Crippen LogP contribution in [0.5, 0.6) is 0 Å². The van der Waals surface area contributed by atoms with Crippen molar-refractivity contribution in [2.24, 2.45) is 0 Å². The summed E-state index contributed by atoms with van der Waals surface area (Å²) in [7, 11) is -2.11. The molecular formula is C26H34N4O4S. The molecule has 0 saturated carbocycles. The zero-order valence-electron chi connectivity index (χ0n) is 20.2. The number of rotatable bonds is 8. The van der Waals surface area contributed by atoms with E-state index in [1.54, 1.807) is 19.2 Å². The highest BCUT2D eigenvalue weighted by Crippen LogP contribution is 2.22. The van der Waals surface area contributed by atoms with Crippen LogP contribution in [0.1, 0.15) is 37.7 Å². The smallest absolute Gasteiger partial charge is 0.243 e. The van der Waals surface area contributed by atoms with Crippen molar-refractivity contribution in [3.8, 4) is 0 Å². The van der Waals surface area contributed by atoms with Crippen LogP contribution in [0.3, 0.4) is 0 Å². The van der Waals surface area contributed by atoms with E-state index in [-0.39, 0.29) is 35.8 Å². The van der Waals surface area contributed by atoms with Gasteiger partial charge in [0.2, 0.25) is 21.8 Å². The molecule has 2 aromatic carbocycles. The average Bonchev–Trinajstić information content (AvgIpc) is 3.40. The zero-order valence-corrected chi connectivity index (χ0v) is 21.0. The summed E-state index contributed by atoms with van der Waals surface area (Å²) < 4.78 is 27.2. The van der Waals surface area contributed by atoms with Crippen LogP contribution < -0.4 is 5.32 Å². The molecule has 2 aliphatic heterocycles. The molecule has 0 radical (unpaired) electrons. The van der Waals surface area contributed by atoms with Gasteiger partial charge in [0.15, 0.2) is 0 Å². The fourth-order valence-corrected chi connectivity index (χ4v) is 5.97. The third kappa shape index (κ3) is 6.28. The van der Waals surface area contributed by atoms with E-state index < -0.39 is 10.0 Å². The van der Waals surface area contributed by atoms with Crippen LogP contribution in [-0.2, 0) is 26.2 Å². The van der Waals surface area contributed by atoms with Gasteiger partial charge in [0, 0.05) is 32.4 Å². The third-order valence-corrected chi connectivity index (χ3v) is 8.58. The van der Waals surface area contributed by atoms with Gasteiger partial charge in [-0.3, -0.25) is 14.5 Å². The topological polar surface area (TPSA) is 90.0 Å². The van der Waals surface area contributed by atoms with Crippen molar-refractivity contribution in [2.45, 2.75) is 49.6 Å². The van der Waals surface area contributed by atoms with Gasteiger partial charge >= 0.3 is 0 Å². The van der Waals surface area contributed by atoms with E-state index in [0.717, 1.165) is 57.3 Å². The first-order valence-corrected chi connectivity index (χ1v) is 13.7. The number of anilines is 1. The Balaban J connectivity index is 1.35. The van der Waals surface area contributed by atoms with Gasteiger partial charge in [-0.1, -0.05) is 36.8 Å². The van der Waals surface area contributed by atoms with Crippen molar-refractivity contribution < 1.29 is 18.0 Å². The minimum Gasteiger partial charge on any atom is -0.341 e. The fraction of sp³-hybridized carbons (Fsp3) is 0.462. The van der Waals surface area contributed by atoms with E-state index >= 15 is 0 Å². The summed E-state index contributed by atoms with van der Waals surface area (Å²) in [5, 5.41) is 2.85. The van der Waals surface area contributed by atoms with Gasteiger partial charge in [0.05, 0.1) is 17.5 Å². The van der Waals surface area contributed by atoms with Crippen molar-refractivity contribution in [1.29, 1.82) is 0 Å². The Hall–Kier alpha value is -2.75. The zero-order chi connectivity index (χ0) is 24.8. The lowest BCUT2D eigenvalue weighted by Crippen LogP contribution is -2.52. The molecule has 8 nitrogen and oxygen atoms in total. The summed E-state index contributed by atoms with van der Waals surface area (Å²) in [6.07, 6.45) is 4.85. The summed E-state index contributed by atoms with van der Waals surface area (Å²) in [5.41, 5.74) is 1.43. The third-order valence-electron chi connectivity index (χ3n) is 6.76. The largest absolute Gasteiger partial charge is 0.341 e. The quantitative estimate of drug-likeness (QED) is 0.605. The molecule has 2 aromatic rings. The van der Waals surface area contributed by atoms with E-state index in [1.807, 2.05) is 40.1 Å². The number of hydrogen-bond donors (Lipinski definition) is 1. The van der Waals surface area contributed by atoms with E-state index in [2.05, 4.69) is 5.32 Å². The number of carbonyl (C=O) groups excluding carboxylic acids is 2. The Morgan fingerprint density at radius 1 is 0.943 bits per heavy atom. The SMILES string of the molecule is CN(Cc1ccccc1)S(=O)(=O)c1ccc(NC(=O)CN2CCCCC2C(=O)N2CCCC2)cc1. The number of benzene rings is 2. The van der Waals surface area contributed by atoms with Crippen molar-refractivity contribution in [3.63, 3.8) is 0 Å². The molecule has 35 heavy (non-hydrogen) atoms. The maximum atomic E-state index is 12.9. The lowest BCUT2D eigenvalue weighted by molar-refractivity contribution is -0.137. The standard InChI is InChI=1S/C26H34N4O4S/c1-28(19-21-9-3-2-4-10-21)35(33,34)23-14-12-22(13-15-23)27-25(31)20-30-18-6-5-11-24(30)26(32)29-16-7-8-17-29/h2-4,9-10,12-15,24H,5-8,11,16-20H2,1H3,(H,27,31). The van der Waals surface area contributed by atoms with Gasteiger partial charge in [0.1, 0.15) is 0 Å². The Labute approximate surface area is 207 Å². The summed E-state index contributed by atoms with van der Waals surface area (Å²) in [5.74, 6) is -0.0629. The van der Waals surface area contributed by atoms with E-state index in [1.165, 1.54) is 16.4 Å². The summed E-state index contributed by atoms with van der Waals surface area (Å²) in [6.45, 7) is 2.76. The normalized spacial score (nSPS) is 19.1. The van der Waals surface area contributed by atoms with Gasteiger partial charge < -0.3 is 10.2 Å². The molecule has 9 heteroatoms. The second kappa shape index (κ2) is 11.3. The number of amides is 2. The number of nitrogens with one attached hydrogen (secondary N) is 1. The molecule has 188 valence electrons. The average molecular weight is 499 g/mol. The predicted octanol–water partition coefficient (Wildman–Crippen LogP) is 2.92. The molecular weight excluding hydrogens is 464 g/mol. The molecule has 2 fully saturated rings. The van der Waals surface area contributed by atoms with Crippen LogP contribution >= 0.6 is 0 Å². The molecule has 0 spiro atoms. The highest BCUT2D eigenvalue weighted by molar-refractivity contribution is 7.89. The molecule has 4 rings (SSSR count). The minimum atomic E-state index is -3.66. The van der Waals surface area contributed by atoms with Gasteiger partial charge in [-0.15, -0.1) is 0 Å². The first-order chi connectivity index (χ1) is 16.8. The predicted molar refractivity (Wildman–Crippen MR) is 135 cm³/mol. The van der Waals surface area contributed by atoms with E-state index in [9.17, 15) is 18.0 Å². The lowest BCUT2D eigenvalue weighted by Gasteiger charge is -2.36. The number of piperidine rings is 1. The number of hydrogen-bond acceptors (Lipinski definition) is 5. The summed E-state index contributed by atoms with van der Waals surface area (Å²) in [6, 6.07) is 15.4. The van der Waals surface area contributed by atoms with Crippen molar-refractivity contribution in [1.82, 2.24) is 14.1 Å². The summed E-state index contributed by atoms with van der Waals surface area (Å²) in [4.78, 5) is 29.8. The van der Waals surface area contributed by atoms with Crippen molar-refractivity contribution in [2.75, 3.05) is 38.5 Å². The van der Waals surface area contributed by atoms with Crippen LogP contribution in [0.4, 0.5) is 5.69 Å². The number of nitrogens with zero attached hydrogens (tertiary/aromatic N) is 3. The highest BCUT2D eigenvalue weighted by Gasteiger charge is 2.33. The Bertz CT molecular complexity index is 1120. The molecule has 1 atom stereocenters. The molecule has 0 aliphatic carbocycles. The van der Waals surface area contributed by atoms with Crippen LogP contribution in [0.2, 0.25) is 0 Å². The maximum Gasteiger partial charge on any atom is 0.243 e. The molecule has 1 N–H and O–H groups in total. The number of likely N-dealkylation sites (tertiary alicyclic amines) is 2. The molecule has 1 unspecified atom stereocenters. The van der Waals surface area contributed by atoms with Gasteiger partial charge in [-0.05, 0) is 62.1 Å². The molecule has 2 aliphatic rings. The minimum absolute atomic E-state index is 0.143. The van der Waals surface area contributed by atoms with Crippen LogP contribution in [0, 0.1) is 0 Å². The summed E-state index contributed by atoms with van der Waals surface area (Å²) >= 11 is 0. The van der Waals surface area contributed by atoms with Crippen LogP contribution in [-0.4, -0.2) is 73.6 Å². The van der Waals surface area contributed by atoms with Crippen molar-refractivity contribution >= 4 is 27.5 Å². The monoisotopic (exact) mass is 498 g/mol. The van der Waals surface area contributed by atoms with E-state index in [0.29, 0.717) is 5.69 Å². The molecule has 0 aromatic heterocycles. The van der Waals surface area contributed by atoms with Gasteiger partial charge in [-0.25, -0.2) is 8.42 Å². The molecule has 2 heterocycles. The van der Waals surface area contributed by atoms with Crippen LogP contribution in [0.25, 0.3) is 0 Å². The first kappa shape index (κ1) is 25.3. The van der Waals surface area contributed by atoms with Crippen molar-refractivity contribution in [3.05, 3.63) is 60.2 Å². The molecule has 2 amide bonds. The maximum absolute atomic E-state index is 12.9. The second-order valence-corrected chi connectivity index (χ2v) is 11.4. The van der Waals surface area contributed by atoms with E-state index in [4.69, 9.17) is 0 Å². The Morgan fingerprint density at radius 2 is 1.60 bits per heavy atom. The fourth-order valence-electron chi connectivity index (χ4n) is 4.81. The number of carbonyl (C=O) groups is 2. The van der Waals surface area contributed by atoms with Gasteiger partial charge in [-0.2, -0.15) is 4.31 Å². The molecule has 2 saturated heterocycles. The Morgan fingerprint density at radius 3 is 2.29 bits per heavy atom. The first-order valence-electron chi connectivity index (χ1n) is 12.3. The lowest BCUT2D eigenvalue weighted by atomic mass is 10.0. The number of sulfonamides is 1. The van der Waals surface area contributed by atoms with Crippen LogP contribution in [0.15, 0.2) is 59.5 Å². The second-order valence-electron chi connectivity index (χ2n) is 9.33. The highest BCUT2D eigenvalue weighted by atomic mass is 32.2.